The van der Waals surface area contributed by atoms with Crippen molar-refractivity contribution in [2.45, 2.75) is 19.0 Å². The van der Waals surface area contributed by atoms with Gasteiger partial charge in [-0.1, -0.05) is 5.21 Å². The van der Waals surface area contributed by atoms with Gasteiger partial charge in [0.05, 0.1) is 12.8 Å². The lowest BCUT2D eigenvalue weighted by molar-refractivity contribution is -0.143. The molecule has 7 nitrogen and oxygen atoms in total. The first kappa shape index (κ1) is 23.4. The Hall–Kier alpha value is -3.76. The molecule has 1 amide bonds. The van der Waals surface area contributed by atoms with Crippen LogP contribution in [0.2, 0.25) is 0 Å². The molecule has 1 aromatic heterocycles. The number of likely N-dealkylation sites (tertiary alicyclic amines) is 1. The number of alkyl halides is 3. The molecule has 0 spiro atoms. The summed E-state index contributed by atoms with van der Waals surface area (Å²) in [5.41, 5.74) is -1.74. The van der Waals surface area contributed by atoms with Crippen molar-refractivity contribution in [1.82, 2.24) is 19.9 Å². The summed E-state index contributed by atoms with van der Waals surface area (Å²) in [6.45, 7) is 0.207. The van der Waals surface area contributed by atoms with Gasteiger partial charge in [-0.2, -0.15) is 13.2 Å². The zero-order valence-electron chi connectivity index (χ0n) is 18.1. The van der Waals surface area contributed by atoms with Crippen molar-refractivity contribution in [3.05, 3.63) is 71.3 Å². The Morgan fingerprint density at radius 2 is 1.62 bits per heavy atom. The molecule has 0 bridgehead atoms. The van der Waals surface area contributed by atoms with Gasteiger partial charge in [-0.15, -0.1) is 5.10 Å². The monoisotopic (exact) mass is 476 g/mol. The van der Waals surface area contributed by atoms with Gasteiger partial charge in [0.15, 0.2) is 17.2 Å². The lowest BCUT2D eigenvalue weighted by Gasteiger charge is -2.31. The third-order valence-corrected chi connectivity index (χ3v) is 5.74. The van der Waals surface area contributed by atoms with Gasteiger partial charge in [0.1, 0.15) is 11.6 Å². The Bertz CT molecular complexity index is 1180. The van der Waals surface area contributed by atoms with Crippen LogP contribution in [0, 0.1) is 11.7 Å². The highest BCUT2D eigenvalue weighted by molar-refractivity contribution is 5.98. The predicted molar refractivity (Wildman–Crippen MR) is 112 cm³/mol. The topological polar surface area (TPSA) is 77.3 Å². The maximum atomic E-state index is 13.8. The Labute approximate surface area is 191 Å². The molecule has 0 aliphatic carbocycles. The number of hydrogen-bond acceptors (Lipinski definition) is 5. The minimum Gasteiger partial charge on any atom is -0.497 e. The minimum atomic E-state index is -4.93. The molecule has 0 radical (unpaired) electrons. The number of nitrogens with zero attached hydrogens (tertiary/aromatic N) is 4. The van der Waals surface area contributed by atoms with Crippen molar-refractivity contribution in [2.24, 2.45) is 5.92 Å². The molecule has 2 aromatic carbocycles. The van der Waals surface area contributed by atoms with Crippen LogP contribution in [-0.4, -0.2) is 51.8 Å². The molecule has 1 saturated heterocycles. The average Bonchev–Trinajstić information content (AvgIpc) is 3.30. The van der Waals surface area contributed by atoms with Crippen LogP contribution < -0.4 is 4.74 Å². The number of aromatic nitrogens is 3. The van der Waals surface area contributed by atoms with E-state index in [0.717, 1.165) is 24.3 Å². The van der Waals surface area contributed by atoms with Crippen molar-refractivity contribution in [1.29, 1.82) is 0 Å². The molecule has 1 aliphatic heterocycles. The van der Waals surface area contributed by atoms with Crippen molar-refractivity contribution >= 4 is 11.7 Å². The highest BCUT2D eigenvalue weighted by Gasteiger charge is 2.43. The van der Waals surface area contributed by atoms with Crippen molar-refractivity contribution in [2.75, 3.05) is 20.2 Å². The number of hydrogen-bond donors (Lipinski definition) is 0. The number of halogens is 4. The van der Waals surface area contributed by atoms with E-state index in [9.17, 15) is 27.2 Å². The third-order valence-electron chi connectivity index (χ3n) is 5.74. The van der Waals surface area contributed by atoms with Crippen LogP contribution in [0.5, 0.6) is 5.75 Å². The summed E-state index contributed by atoms with van der Waals surface area (Å²) in [6, 6.07) is 10.9. The summed E-state index contributed by atoms with van der Waals surface area (Å²) >= 11 is 0. The number of carbonyl (C=O) groups is 2. The average molecular weight is 476 g/mol. The summed E-state index contributed by atoms with van der Waals surface area (Å²) < 4.78 is 60.3. The molecule has 3 aromatic rings. The second-order valence-corrected chi connectivity index (χ2v) is 7.83. The first-order chi connectivity index (χ1) is 16.2. The number of benzene rings is 2. The molecule has 34 heavy (non-hydrogen) atoms. The normalized spacial score (nSPS) is 14.8. The quantitative estimate of drug-likeness (QED) is 0.408. The van der Waals surface area contributed by atoms with Crippen LogP contribution in [0.1, 0.15) is 39.4 Å². The molecule has 1 fully saturated rings. The van der Waals surface area contributed by atoms with E-state index >= 15 is 0 Å². The maximum absolute atomic E-state index is 13.8. The second kappa shape index (κ2) is 9.24. The smallest absolute Gasteiger partial charge is 0.435 e. The molecule has 0 unspecified atom stereocenters. The molecule has 4 rings (SSSR count). The third kappa shape index (κ3) is 4.63. The molecule has 2 heterocycles. The Morgan fingerprint density at radius 1 is 1.00 bits per heavy atom. The van der Waals surface area contributed by atoms with Gasteiger partial charge in [-0.3, -0.25) is 9.59 Å². The van der Waals surface area contributed by atoms with Gasteiger partial charge in [-0.25, -0.2) is 9.07 Å². The van der Waals surface area contributed by atoms with Gasteiger partial charge in [0.25, 0.3) is 5.91 Å². The minimum absolute atomic E-state index is 0.0796. The largest absolute Gasteiger partial charge is 0.497 e. The Balaban J connectivity index is 1.50. The van der Waals surface area contributed by atoms with Crippen LogP contribution in [0.25, 0.3) is 5.69 Å². The van der Waals surface area contributed by atoms with Crippen molar-refractivity contribution in [3.8, 4) is 11.4 Å². The van der Waals surface area contributed by atoms with Crippen LogP contribution in [-0.2, 0) is 6.18 Å². The lowest BCUT2D eigenvalue weighted by Crippen LogP contribution is -2.41. The summed E-state index contributed by atoms with van der Waals surface area (Å²) in [7, 11) is 1.52. The number of rotatable bonds is 5. The molecule has 0 atom stereocenters. The van der Waals surface area contributed by atoms with Gasteiger partial charge in [0.2, 0.25) is 0 Å². The number of amides is 1. The van der Waals surface area contributed by atoms with Gasteiger partial charge in [-0.05, 0) is 61.4 Å². The lowest BCUT2D eigenvalue weighted by atomic mass is 9.88. The highest BCUT2D eigenvalue weighted by atomic mass is 19.4. The summed E-state index contributed by atoms with van der Waals surface area (Å²) in [5.74, 6) is -1.37. The number of piperidine rings is 1. The van der Waals surface area contributed by atoms with E-state index < -0.39 is 29.3 Å². The van der Waals surface area contributed by atoms with Crippen LogP contribution >= 0.6 is 0 Å². The van der Waals surface area contributed by atoms with E-state index in [1.54, 1.807) is 24.3 Å². The maximum Gasteiger partial charge on any atom is 0.435 e. The second-order valence-electron chi connectivity index (χ2n) is 7.83. The Morgan fingerprint density at radius 3 is 2.18 bits per heavy atom. The van der Waals surface area contributed by atoms with Crippen LogP contribution in [0.4, 0.5) is 17.6 Å². The number of ketones is 1. The molecule has 1 aliphatic rings. The van der Waals surface area contributed by atoms with Crippen molar-refractivity contribution in [3.63, 3.8) is 0 Å². The molecule has 0 N–H and O–H groups in total. The standard InChI is InChI=1S/C23H20F4N4O3/c1-34-18-8-2-14(3-9-18)20(32)15-10-12-30(13-11-15)22(33)19-21(23(25,26)27)31(29-28-19)17-6-4-16(24)5-7-17/h2-9,15H,10-13H2,1H3. The van der Waals surface area contributed by atoms with Crippen LogP contribution in [0.3, 0.4) is 0 Å². The highest BCUT2D eigenvalue weighted by Crippen LogP contribution is 2.34. The number of carbonyl (C=O) groups excluding carboxylic acids is 2. The number of Topliss-reactive ketones (excluding diaryl/α,β-unsaturated/α-hetero) is 1. The summed E-state index contributed by atoms with van der Waals surface area (Å²) in [6.07, 6.45) is -4.31. The van der Waals surface area contributed by atoms with Crippen molar-refractivity contribution < 1.29 is 31.9 Å². The van der Waals surface area contributed by atoms with Gasteiger partial charge < -0.3 is 9.64 Å². The fourth-order valence-electron chi connectivity index (χ4n) is 3.93. The van der Waals surface area contributed by atoms with E-state index in [4.69, 9.17) is 4.74 Å². The summed E-state index contributed by atoms with van der Waals surface area (Å²) in [4.78, 5) is 26.9. The predicted octanol–water partition coefficient (Wildman–Crippen LogP) is 4.17. The van der Waals surface area contributed by atoms with E-state index in [-0.39, 0.29) is 30.5 Å². The van der Waals surface area contributed by atoms with E-state index in [2.05, 4.69) is 10.3 Å². The zero-order valence-corrected chi connectivity index (χ0v) is 18.1. The molecular formula is C23H20F4N4O3. The van der Waals surface area contributed by atoms with Crippen LogP contribution in [0.15, 0.2) is 48.5 Å². The number of methoxy groups -OCH3 is 1. The fraction of sp³-hybridized carbons (Fsp3) is 0.304. The summed E-state index contributed by atoms with van der Waals surface area (Å²) in [5, 5.41) is 7.01. The SMILES string of the molecule is COc1ccc(C(=O)C2CCN(C(=O)c3nnn(-c4ccc(F)cc4)c3C(F)(F)F)CC2)cc1. The van der Waals surface area contributed by atoms with E-state index in [1.165, 1.54) is 12.0 Å². The molecule has 11 heteroatoms. The molecular weight excluding hydrogens is 456 g/mol. The fourth-order valence-corrected chi connectivity index (χ4v) is 3.93. The van der Waals surface area contributed by atoms with E-state index in [1.807, 2.05) is 0 Å². The molecule has 178 valence electrons. The van der Waals surface area contributed by atoms with Gasteiger partial charge in [0, 0.05) is 24.6 Å². The Kier molecular flexibility index (Phi) is 6.36. The zero-order chi connectivity index (χ0) is 24.5. The first-order valence-corrected chi connectivity index (χ1v) is 10.5. The first-order valence-electron chi connectivity index (χ1n) is 10.5. The van der Waals surface area contributed by atoms with Gasteiger partial charge >= 0.3 is 6.18 Å². The number of ether oxygens (including phenoxy) is 1. The molecule has 0 saturated carbocycles. The van der Waals surface area contributed by atoms with E-state index in [0.29, 0.717) is 28.8 Å².